The van der Waals surface area contributed by atoms with Crippen molar-refractivity contribution in [2.45, 2.75) is 43.9 Å². The van der Waals surface area contributed by atoms with Crippen LogP contribution >= 0.6 is 0 Å². The second kappa shape index (κ2) is 6.49. The minimum absolute atomic E-state index is 0.194. The standard InChI is InChI=1S/C26H26N2/c27-17-24(18-28)26(14-19-7-3-1-4-8-19)22-11-20-12-23(26)16-25(13-20,15-22)21-9-5-2-6-10-21/h1-10,20,22-24H,11-16H2/t20?,22-,23+,25?,26?. The first-order valence-electron chi connectivity index (χ1n) is 10.6. The van der Waals surface area contributed by atoms with Gasteiger partial charge in [-0.25, -0.2) is 0 Å². The number of nitrogens with zero attached hydrogens (tertiary/aromatic N) is 2. The van der Waals surface area contributed by atoms with E-state index in [2.05, 4.69) is 66.7 Å². The van der Waals surface area contributed by atoms with E-state index in [4.69, 9.17) is 0 Å². The Hall–Kier alpha value is -2.58. The van der Waals surface area contributed by atoms with Crippen LogP contribution in [-0.2, 0) is 11.8 Å². The third-order valence-electron chi connectivity index (χ3n) is 8.24. The fraction of sp³-hybridized carbons (Fsp3) is 0.462. The van der Waals surface area contributed by atoms with Gasteiger partial charge in [0.2, 0.25) is 0 Å². The van der Waals surface area contributed by atoms with Crippen LogP contribution in [0, 0.1) is 51.7 Å². The summed E-state index contributed by atoms with van der Waals surface area (Å²) in [5.74, 6) is 1.15. The molecule has 140 valence electrons. The van der Waals surface area contributed by atoms with E-state index >= 15 is 0 Å². The molecule has 0 radical (unpaired) electrons. The summed E-state index contributed by atoms with van der Waals surface area (Å²) in [6.45, 7) is 0. The second-order valence-electron chi connectivity index (χ2n) is 9.46. The summed E-state index contributed by atoms with van der Waals surface area (Å²) in [6.07, 6.45) is 6.81. The highest BCUT2D eigenvalue weighted by atomic mass is 14.7. The number of nitriles is 2. The Kier molecular flexibility index (Phi) is 4.06. The van der Waals surface area contributed by atoms with Crippen molar-refractivity contribution in [2.75, 3.05) is 0 Å². The first kappa shape index (κ1) is 17.5. The van der Waals surface area contributed by atoms with E-state index in [-0.39, 0.29) is 10.8 Å². The Morgan fingerprint density at radius 2 is 1.39 bits per heavy atom. The molecule has 0 spiro atoms. The zero-order chi connectivity index (χ0) is 19.2. The second-order valence-corrected chi connectivity index (χ2v) is 9.46. The highest BCUT2D eigenvalue weighted by Crippen LogP contribution is 2.69. The highest BCUT2D eigenvalue weighted by Gasteiger charge is 2.64. The van der Waals surface area contributed by atoms with Crippen LogP contribution in [0.1, 0.15) is 43.2 Å². The molecule has 0 aliphatic heterocycles. The maximum absolute atomic E-state index is 9.96. The van der Waals surface area contributed by atoms with Crippen LogP contribution in [0.25, 0.3) is 0 Å². The van der Waals surface area contributed by atoms with Crippen LogP contribution in [0.15, 0.2) is 60.7 Å². The van der Waals surface area contributed by atoms with Crippen LogP contribution in [0.4, 0.5) is 0 Å². The number of hydrogen-bond donors (Lipinski definition) is 0. The molecule has 2 aromatic carbocycles. The Balaban J connectivity index is 1.59. The molecule has 28 heavy (non-hydrogen) atoms. The Morgan fingerprint density at radius 3 is 1.96 bits per heavy atom. The van der Waals surface area contributed by atoms with E-state index in [9.17, 15) is 10.5 Å². The van der Waals surface area contributed by atoms with Crippen LogP contribution < -0.4 is 0 Å². The Morgan fingerprint density at radius 1 is 0.821 bits per heavy atom. The molecule has 6 rings (SSSR count). The van der Waals surface area contributed by atoms with E-state index in [1.54, 1.807) is 0 Å². The predicted molar refractivity (Wildman–Crippen MR) is 109 cm³/mol. The summed E-state index contributed by atoms with van der Waals surface area (Å²) in [6, 6.07) is 26.5. The normalized spacial score (nSPS) is 35.5. The van der Waals surface area contributed by atoms with Gasteiger partial charge in [-0.3, -0.25) is 0 Å². The van der Waals surface area contributed by atoms with Crippen molar-refractivity contribution < 1.29 is 0 Å². The fourth-order valence-electron chi connectivity index (χ4n) is 7.36. The molecule has 4 aliphatic carbocycles. The molecule has 0 amide bonds. The average Bonchev–Trinajstić information content (AvgIpc) is 2.73. The van der Waals surface area contributed by atoms with E-state index in [1.165, 1.54) is 30.4 Å². The minimum atomic E-state index is -0.518. The van der Waals surface area contributed by atoms with Gasteiger partial charge < -0.3 is 0 Å². The highest BCUT2D eigenvalue weighted by molar-refractivity contribution is 5.33. The lowest BCUT2D eigenvalue weighted by atomic mass is 9.37. The summed E-state index contributed by atoms with van der Waals surface area (Å²) in [5.41, 5.74) is 2.82. The number of benzene rings is 2. The SMILES string of the molecule is N#CC(C#N)C1(Cc2ccccc2)[C@@H]2CC3C[C@H]1CC(c1ccccc1)(C3)C2. The van der Waals surface area contributed by atoms with Crippen molar-refractivity contribution in [3.8, 4) is 12.1 Å². The Labute approximate surface area is 167 Å². The molecule has 3 unspecified atom stereocenters. The topological polar surface area (TPSA) is 47.6 Å². The maximum atomic E-state index is 9.96. The van der Waals surface area contributed by atoms with Gasteiger partial charge in [-0.2, -0.15) is 10.5 Å². The summed E-state index contributed by atoms with van der Waals surface area (Å²) < 4.78 is 0. The largest absolute Gasteiger partial charge is 0.197 e. The molecule has 0 heterocycles. The monoisotopic (exact) mass is 366 g/mol. The van der Waals surface area contributed by atoms with Crippen LogP contribution in [0.5, 0.6) is 0 Å². The van der Waals surface area contributed by atoms with Gasteiger partial charge in [0.25, 0.3) is 0 Å². The lowest BCUT2D eigenvalue weighted by Gasteiger charge is -2.66. The third kappa shape index (κ3) is 2.44. The van der Waals surface area contributed by atoms with Crippen LogP contribution in [0.3, 0.4) is 0 Å². The van der Waals surface area contributed by atoms with E-state index in [0.29, 0.717) is 11.8 Å². The zero-order valence-electron chi connectivity index (χ0n) is 16.2. The van der Waals surface area contributed by atoms with Crippen molar-refractivity contribution in [1.29, 1.82) is 10.5 Å². The van der Waals surface area contributed by atoms with Crippen molar-refractivity contribution in [2.24, 2.45) is 29.1 Å². The molecule has 4 fully saturated rings. The molecule has 0 aromatic heterocycles. The molecule has 2 aromatic rings. The summed E-state index contributed by atoms with van der Waals surface area (Å²) in [7, 11) is 0. The van der Waals surface area contributed by atoms with Gasteiger partial charge in [0.15, 0.2) is 0 Å². The molecule has 4 bridgehead atoms. The van der Waals surface area contributed by atoms with E-state index < -0.39 is 5.92 Å². The molecular formula is C26H26N2. The summed E-state index contributed by atoms with van der Waals surface area (Å²) in [4.78, 5) is 0. The average molecular weight is 367 g/mol. The van der Waals surface area contributed by atoms with Crippen LogP contribution in [-0.4, -0.2) is 0 Å². The fourth-order valence-corrected chi connectivity index (χ4v) is 7.36. The van der Waals surface area contributed by atoms with Crippen molar-refractivity contribution in [1.82, 2.24) is 0 Å². The number of hydrogen-bond acceptors (Lipinski definition) is 2. The van der Waals surface area contributed by atoms with Gasteiger partial charge in [-0.15, -0.1) is 0 Å². The smallest absolute Gasteiger partial charge is 0.139 e. The van der Waals surface area contributed by atoms with E-state index in [0.717, 1.165) is 25.2 Å². The van der Waals surface area contributed by atoms with Crippen LogP contribution in [0.2, 0.25) is 0 Å². The first-order valence-corrected chi connectivity index (χ1v) is 10.6. The summed E-state index contributed by atoms with van der Waals surface area (Å²) in [5, 5.41) is 19.9. The first-order chi connectivity index (χ1) is 13.7. The number of rotatable bonds is 4. The van der Waals surface area contributed by atoms with Crippen molar-refractivity contribution in [3.05, 3.63) is 71.8 Å². The molecule has 0 N–H and O–H groups in total. The van der Waals surface area contributed by atoms with E-state index in [1.807, 2.05) is 6.07 Å². The van der Waals surface area contributed by atoms with Gasteiger partial charge in [0, 0.05) is 5.41 Å². The molecule has 4 saturated carbocycles. The van der Waals surface area contributed by atoms with Gasteiger partial charge in [-0.1, -0.05) is 60.7 Å². The zero-order valence-corrected chi connectivity index (χ0v) is 16.2. The molecule has 2 nitrogen and oxygen atoms in total. The van der Waals surface area contributed by atoms with Gasteiger partial charge in [0.05, 0.1) is 12.1 Å². The lowest BCUT2D eigenvalue weighted by Crippen LogP contribution is -2.61. The molecule has 2 heteroatoms. The van der Waals surface area contributed by atoms with Crippen molar-refractivity contribution >= 4 is 0 Å². The maximum Gasteiger partial charge on any atom is 0.139 e. The van der Waals surface area contributed by atoms with Gasteiger partial charge >= 0.3 is 0 Å². The lowest BCUT2D eigenvalue weighted by molar-refractivity contribution is -0.133. The molecular weight excluding hydrogens is 340 g/mol. The van der Waals surface area contributed by atoms with Crippen molar-refractivity contribution in [3.63, 3.8) is 0 Å². The summed E-state index contributed by atoms with van der Waals surface area (Å²) >= 11 is 0. The minimum Gasteiger partial charge on any atom is -0.197 e. The molecule has 0 saturated heterocycles. The third-order valence-corrected chi connectivity index (χ3v) is 8.24. The van der Waals surface area contributed by atoms with Gasteiger partial charge in [0.1, 0.15) is 5.92 Å². The predicted octanol–water partition coefficient (Wildman–Crippen LogP) is 5.66. The van der Waals surface area contributed by atoms with Gasteiger partial charge in [-0.05, 0) is 72.8 Å². The molecule has 4 aliphatic rings. The molecule has 5 atom stereocenters. The Bertz CT molecular complexity index is 904. The quantitative estimate of drug-likeness (QED) is 0.701.